The molecule has 0 fully saturated rings. The molecule has 3 heterocycles. The summed E-state index contributed by atoms with van der Waals surface area (Å²) in [7, 11) is 0. The molecule has 1 aliphatic rings. The zero-order chi connectivity index (χ0) is 23.0. The summed E-state index contributed by atoms with van der Waals surface area (Å²) < 4.78 is 7.94. The lowest BCUT2D eigenvalue weighted by Crippen LogP contribution is -2.14. The number of aliphatic imine (C=N–C) groups is 1. The Morgan fingerprint density at radius 1 is 1.33 bits per heavy atom. The largest absolute Gasteiger partial charge is 0.493 e. The third-order valence-electron chi connectivity index (χ3n) is 5.62. The Hall–Kier alpha value is -3.87. The van der Waals surface area contributed by atoms with Crippen LogP contribution in [-0.4, -0.2) is 40.0 Å². The van der Waals surface area contributed by atoms with Gasteiger partial charge >= 0.3 is 5.97 Å². The number of carboxylic acids is 1. The first-order valence-corrected chi connectivity index (χ1v) is 11.1. The van der Waals surface area contributed by atoms with Crippen LogP contribution in [0.15, 0.2) is 72.5 Å². The average Bonchev–Trinajstić information content (AvgIpc) is 3.24. The lowest BCUT2D eigenvalue weighted by molar-refractivity contribution is -0.137. The van der Waals surface area contributed by atoms with Crippen molar-refractivity contribution >= 4 is 28.9 Å². The van der Waals surface area contributed by atoms with Crippen molar-refractivity contribution in [2.24, 2.45) is 4.99 Å². The van der Waals surface area contributed by atoms with Crippen LogP contribution in [0.2, 0.25) is 0 Å². The van der Waals surface area contributed by atoms with Gasteiger partial charge in [-0.05, 0) is 54.8 Å². The van der Waals surface area contributed by atoms with E-state index in [1.807, 2.05) is 41.1 Å². The molecule has 0 bridgehead atoms. The van der Waals surface area contributed by atoms with Crippen molar-refractivity contribution < 1.29 is 14.6 Å². The lowest BCUT2D eigenvalue weighted by atomic mass is 10.1. The highest BCUT2D eigenvalue weighted by atomic mass is 16.5. The second-order valence-corrected chi connectivity index (χ2v) is 7.91. The third kappa shape index (κ3) is 5.68. The molecule has 170 valence electrons. The fourth-order valence-electron chi connectivity index (χ4n) is 4.03. The number of aromatic nitrogens is 2. The van der Waals surface area contributed by atoms with Crippen molar-refractivity contribution in [1.29, 1.82) is 0 Å². The number of allylic oxidation sites excluding steroid dienone is 2. The first-order chi connectivity index (χ1) is 16.1. The average molecular weight is 445 g/mol. The van der Waals surface area contributed by atoms with E-state index in [4.69, 9.17) is 9.72 Å². The Morgan fingerprint density at radius 2 is 2.24 bits per heavy atom. The molecule has 0 radical (unpaired) electrons. The molecule has 4 rings (SSSR count). The smallest absolute Gasteiger partial charge is 0.305 e. The summed E-state index contributed by atoms with van der Waals surface area (Å²) in [5.41, 5.74) is 3.24. The van der Waals surface area contributed by atoms with E-state index < -0.39 is 5.97 Å². The van der Waals surface area contributed by atoms with Crippen molar-refractivity contribution in [2.75, 3.05) is 18.5 Å². The second-order valence-electron chi connectivity index (χ2n) is 7.91. The Kier molecular flexibility index (Phi) is 7.19. The number of anilines is 1. The Morgan fingerprint density at radius 3 is 3.09 bits per heavy atom. The summed E-state index contributed by atoms with van der Waals surface area (Å²) in [6.07, 6.45) is 11.4. The van der Waals surface area contributed by atoms with Gasteiger partial charge in [0.05, 0.1) is 19.1 Å². The van der Waals surface area contributed by atoms with Crippen LogP contribution in [0.3, 0.4) is 0 Å². The molecule has 33 heavy (non-hydrogen) atoms. The van der Waals surface area contributed by atoms with Crippen molar-refractivity contribution in [3.8, 4) is 5.75 Å². The molecule has 1 aliphatic heterocycles. The van der Waals surface area contributed by atoms with Crippen LogP contribution in [0, 0.1) is 0 Å². The number of fused-ring (bicyclic) bond motifs is 2. The van der Waals surface area contributed by atoms with Crippen LogP contribution < -0.4 is 10.1 Å². The fraction of sp³-hybridized carbons (Fsp3) is 0.269. The molecule has 0 spiro atoms. The van der Waals surface area contributed by atoms with Crippen molar-refractivity contribution in [2.45, 2.75) is 31.7 Å². The Bertz CT molecular complexity index is 1200. The van der Waals surface area contributed by atoms with Crippen LogP contribution in [0.25, 0.3) is 10.9 Å². The van der Waals surface area contributed by atoms with E-state index >= 15 is 0 Å². The number of hydrogen-bond acceptors (Lipinski definition) is 5. The van der Waals surface area contributed by atoms with E-state index in [0.29, 0.717) is 6.61 Å². The van der Waals surface area contributed by atoms with Gasteiger partial charge in [-0.15, -0.1) is 0 Å². The maximum Gasteiger partial charge on any atom is 0.305 e. The van der Waals surface area contributed by atoms with Gasteiger partial charge in [-0.25, -0.2) is 4.98 Å². The molecule has 3 aromatic rings. The summed E-state index contributed by atoms with van der Waals surface area (Å²) in [4.78, 5) is 20.0. The number of hydrogen-bond donors (Lipinski definition) is 2. The molecule has 1 atom stereocenters. The molecular formula is C26H28N4O3. The number of aliphatic carboxylic acids is 1. The van der Waals surface area contributed by atoms with E-state index in [-0.39, 0.29) is 12.5 Å². The van der Waals surface area contributed by atoms with Crippen molar-refractivity contribution in [3.05, 3.63) is 78.8 Å². The summed E-state index contributed by atoms with van der Waals surface area (Å²) >= 11 is 0. The zero-order valence-electron chi connectivity index (χ0n) is 18.5. The Labute approximate surface area is 193 Å². The van der Waals surface area contributed by atoms with E-state index in [2.05, 4.69) is 29.0 Å². The molecular weight excluding hydrogens is 416 g/mol. The van der Waals surface area contributed by atoms with Gasteiger partial charge in [-0.3, -0.25) is 9.79 Å². The molecule has 1 unspecified atom stereocenters. The molecule has 0 saturated carbocycles. The summed E-state index contributed by atoms with van der Waals surface area (Å²) in [5.74, 6) is 0.917. The van der Waals surface area contributed by atoms with E-state index in [1.165, 1.54) is 11.8 Å². The van der Waals surface area contributed by atoms with Gasteiger partial charge in [0.15, 0.2) is 0 Å². The SMILES string of the molecule is C=CN=C/C=C/C(CC(=O)O)n1ccc2cc(OCCc3ccc4c(n3)NCCC4)ccc21. The van der Waals surface area contributed by atoms with Gasteiger partial charge < -0.3 is 19.7 Å². The monoisotopic (exact) mass is 444 g/mol. The van der Waals surface area contributed by atoms with E-state index in [1.54, 1.807) is 12.3 Å². The number of carboxylic acid groups (broad SMARTS) is 1. The molecule has 0 aliphatic carbocycles. The number of aryl methyl sites for hydroxylation is 1. The molecule has 0 saturated heterocycles. The topological polar surface area (TPSA) is 88.7 Å². The second kappa shape index (κ2) is 10.6. The molecule has 7 nitrogen and oxygen atoms in total. The third-order valence-corrected chi connectivity index (χ3v) is 5.62. The molecule has 0 amide bonds. The number of benzene rings is 1. The quantitative estimate of drug-likeness (QED) is 0.439. The minimum Gasteiger partial charge on any atom is -0.493 e. The fourth-order valence-corrected chi connectivity index (χ4v) is 4.03. The number of rotatable bonds is 10. The highest BCUT2D eigenvalue weighted by Gasteiger charge is 2.15. The molecule has 1 aromatic carbocycles. The van der Waals surface area contributed by atoms with Crippen LogP contribution in [-0.2, 0) is 17.6 Å². The molecule has 2 N–H and O–H groups in total. The van der Waals surface area contributed by atoms with Crippen molar-refractivity contribution in [3.63, 3.8) is 0 Å². The molecule has 2 aromatic heterocycles. The van der Waals surface area contributed by atoms with Crippen molar-refractivity contribution in [1.82, 2.24) is 9.55 Å². The Balaban J connectivity index is 1.43. The number of pyridine rings is 1. The zero-order valence-corrected chi connectivity index (χ0v) is 18.5. The number of carbonyl (C=O) groups is 1. The predicted molar refractivity (Wildman–Crippen MR) is 131 cm³/mol. The van der Waals surface area contributed by atoms with Gasteiger partial charge in [0.25, 0.3) is 0 Å². The minimum absolute atomic E-state index is 0.0247. The van der Waals surface area contributed by atoms with Gasteiger partial charge in [-0.2, -0.15) is 0 Å². The summed E-state index contributed by atoms with van der Waals surface area (Å²) in [5, 5.41) is 13.7. The maximum atomic E-state index is 11.4. The first kappa shape index (κ1) is 22.3. The normalized spacial score (nSPS) is 14.3. The van der Waals surface area contributed by atoms with Crippen LogP contribution in [0.5, 0.6) is 5.75 Å². The lowest BCUT2D eigenvalue weighted by Gasteiger charge is -2.17. The number of nitrogens with zero attached hydrogens (tertiary/aromatic N) is 3. The van der Waals surface area contributed by atoms with Gasteiger partial charge in [0.1, 0.15) is 11.6 Å². The van der Waals surface area contributed by atoms with Gasteiger partial charge in [-0.1, -0.05) is 18.7 Å². The summed E-state index contributed by atoms with van der Waals surface area (Å²) in [6, 6.07) is 11.7. The predicted octanol–water partition coefficient (Wildman–Crippen LogP) is 4.80. The van der Waals surface area contributed by atoms with Crippen LogP contribution in [0.1, 0.15) is 30.1 Å². The molecule has 7 heteroatoms. The minimum atomic E-state index is -0.863. The van der Waals surface area contributed by atoms with E-state index in [9.17, 15) is 9.90 Å². The standard InChI is InChI=1S/C26H28N4O3/c1-2-27-13-4-6-22(18-25(31)32)30-15-11-20-17-23(9-10-24(20)30)33-16-12-21-8-7-19-5-3-14-28-26(19)29-21/h2,4,6-11,13,15,17,22H,1,3,5,12,14,16,18H2,(H,28,29)(H,31,32)/b6-4+,27-13?. The highest BCUT2D eigenvalue weighted by Crippen LogP contribution is 2.27. The highest BCUT2D eigenvalue weighted by molar-refractivity contribution is 5.82. The first-order valence-electron chi connectivity index (χ1n) is 11.1. The maximum absolute atomic E-state index is 11.4. The summed E-state index contributed by atoms with van der Waals surface area (Å²) in [6.45, 7) is 5.04. The van der Waals surface area contributed by atoms with Crippen LogP contribution in [0.4, 0.5) is 5.82 Å². The van der Waals surface area contributed by atoms with Gasteiger partial charge in [0.2, 0.25) is 0 Å². The van der Waals surface area contributed by atoms with Crippen LogP contribution >= 0.6 is 0 Å². The van der Waals surface area contributed by atoms with E-state index in [0.717, 1.165) is 54.0 Å². The van der Waals surface area contributed by atoms with Gasteiger partial charge in [0, 0.05) is 48.2 Å². The number of ether oxygens (including phenoxy) is 1. The number of nitrogens with one attached hydrogen (secondary N) is 1.